The van der Waals surface area contributed by atoms with Crippen molar-refractivity contribution < 1.29 is 4.79 Å². The number of alkyl halides is 1. The molecule has 1 saturated heterocycles. The fourth-order valence-corrected chi connectivity index (χ4v) is 9.68. The van der Waals surface area contributed by atoms with Gasteiger partial charge in [0.05, 0.1) is 5.41 Å². The second kappa shape index (κ2) is 6.04. The Morgan fingerprint density at radius 1 is 1.17 bits per heavy atom. The Morgan fingerprint density at radius 2 is 1.93 bits per heavy atom. The maximum absolute atomic E-state index is 14.2. The van der Waals surface area contributed by atoms with E-state index in [4.69, 9.17) is 17.3 Å². The molecule has 0 spiro atoms. The topological polar surface area (TPSA) is 46.3 Å². The van der Waals surface area contributed by atoms with E-state index in [9.17, 15) is 4.79 Å². The molecule has 2 N–H and O–H groups in total. The fourth-order valence-electron chi connectivity index (χ4n) is 9.27. The highest BCUT2D eigenvalue weighted by Crippen LogP contribution is 2.81. The number of hydrogen-bond acceptors (Lipinski definition) is 2. The lowest BCUT2D eigenvalue weighted by atomic mass is 9.45. The van der Waals surface area contributed by atoms with Crippen LogP contribution < -0.4 is 5.73 Å². The van der Waals surface area contributed by atoms with Gasteiger partial charge in [0.1, 0.15) is 0 Å². The number of carbonyl (C=O) groups excluding carboxylic acids is 1. The van der Waals surface area contributed by atoms with E-state index < -0.39 is 0 Å². The number of amides is 1. The van der Waals surface area contributed by atoms with Crippen LogP contribution in [0.15, 0.2) is 30.3 Å². The molecule has 0 radical (unpaired) electrons. The van der Waals surface area contributed by atoms with Crippen molar-refractivity contribution in [2.24, 2.45) is 39.7 Å². The molecule has 162 valence electrons. The largest absolute Gasteiger partial charge is 0.342 e. The SMILES string of the molecule is CC1(C)CN(C(=O)C23CC4CC5(CCl)CC(c6ccccc6)(C2)C4C5C3)CC[C@@H]1N. The maximum Gasteiger partial charge on any atom is 0.228 e. The summed E-state index contributed by atoms with van der Waals surface area (Å²) in [4.78, 5) is 16.4. The third-order valence-electron chi connectivity index (χ3n) is 10.3. The molecule has 6 unspecified atom stereocenters. The van der Waals surface area contributed by atoms with Crippen LogP contribution in [-0.2, 0) is 10.2 Å². The van der Waals surface area contributed by atoms with Gasteiger partial charge >= 0.3 is 0 Å². The molecule has 6 bridgehead atoms. The van der Waals surface area contributed by atoms with Crippen molar-refractivity contribution in [2.75, 3.05) is 19.0 Å². The summed E-state index contributed by atoms with van der Waals surface area (Å²) in [7, 11) is 0. The first-order chi connectivity index (χ1) is 14.3. The molecule has 1 aromatic rings. The Hall–Kier alpha value is -1.06. The van der Waals surface area contributed by atoms with Crippen molar-refractivity contribution in [3.63, 3.8) is 0 Å². The van der Waals surface area contributed by atoms with Gasteiger partial charge in [0.2, 0.25) is 5.91 Å². The zero-order chi connectivity index (χ0) is 20.9. The van der Waals surface area contributed by atoms with E-state index >= 15 is 0 Å². The molecule has 30 heavy (non-hydrogen) atoms. The van der Waals surface area contributed by atoms with Gasteiger partial charge in [-0.2, -0.15) is 0 Å². The number of rotatable bonds is 3. The molecular formula is C26H35ClN2O. The van der Waals surface area contributed by atoms with Gasteiger partial charge in [-0.15, -0.1) is 11.6 Å². The van der Waals surface area contributed by atoms with E-state index in [2.05, 4.69) is 49.1 Å². The Morgan fingerprint density at radius 3 is 2.63 bits per heavy atom. The van der Waals surface area contributed by atoms with E-state index in [-0.39, 0.29) is 27.7 Å². The van der Waals surface area contributed by atoms with Crippen LogP contribution in [0, 0.1) is 34.0 Å². The Balaban J connectivity index is 1.41. The highest BCUT2D eigenvalue weighted by molar-refractivity contribution is 6.18. The third kappa shape index (κ3) is 2.29. The van der Waals surface area contributed by atoms with Crippen molar-refractivity contribution in [1.82, 2.24) is 4.90 Å². The summed E-state index contributed by atoms with van der Waals surface area (Å²) < 4.78 is 0. The summed E-state index contributed by atoms with van der Waals surface area (Å²) in [5.74, 6) is 3.19. The molecule has 1 aliphatic heterocycles. The number of benzene rings is 1. The van der Waals surface area contributed by atoms with E-state index in [1.54, 1.807) is 0 Å². The average Bonchev–Trinajstić information content (AvgIpc) is 3.10. The average molecular weight is 427 g/mol. The number of hydrogen-bond donors (Lipinski definition) is 1. The Labute approximate surface area is 185 Å². The molecule has 0 aromatic heterocycles. The van der Waals surface area contributed by atoms with Gasteiger partial charge in [0, 0.05) is 30.4 Å². The van der Waals surface area contributed by atoms with Crippen molar-refractivity contribution in [1.29, 1.82) is 0 Å². The zero-order valence-electron chi connectivity index (χ0n) is 18.4. The van der Waals surface area contributed by atoms with Crippen LogP contribution in [0.25, 0.3) is 0 Å². The van der Waals surface area contributed by atoms with Crippen molar-refractivity contribution in [3.8, 4) is 0 Å². The number of halogens is 1. The Bertz CT molecular complexity index is 886. The molecule has 7 rings (SSSR count). The van der Waals surface area contributed by atoms with Gasteiger partial charge in [0.25, 0.3) is 0 Å². The smallest absolute Gasteiger partial charge is 0.228 e. The van der Waals surface area contributed by atoms with Crippen LogP contribution in [0.4, 0.5) is 0 Å². The molecular weight excluding hydrogens is 392 g/mol. The van der Waals surface area contributed by atoms with Crippen LogP contribution in [-0.4, -0.2) is 35.8 Å². The molecule has 7 atom stereocenters. The monoisotopic (exact) mass is 426 g/mol. The molecule has 5 aliphatic carbocycles. The van der Waals surface area contributed by atoms with Crippen LogP contribution in [0.2, 0.25) is 0 Å². The first-order valence-electron chi connectivity index (χ1n) is 11.9. The summed E-state index contributed by atoms with van der Waals surface area (Å²) in [6.45, 7) is 6.07. The summed E-state index contributed by atoms with van der Waals surface area (Å²) in [5.41, 5.74) is 8.05. The standard InChI is InChI=1S/C26H35ClN2O/c1-23(2)16-29(9-8-20(23)28)22(30)24-10-17-11-25(15-27)14-26(13-24,21(17)19(25)12-24)18-6-4-3-5-7-18/h3-7,17,19-21H,8-16,28H2,1-2H3/t17?,19?,20-,21?,24?,25?,26?/m0/s1. The maximum atomic E-state index is 14.2. The highest BCUT2D eigenvalue weighted by atomic mass is 35.5. The molecule has 3 nitrogen and oxygen atoms in total. The van der Waals surface area contributed by atoms with Crippen LogP contribution in [0.3, 0.4) is 0 Å². The number of nitrogens with zero attached hydrogens (tertiary/aromatic N) is 1. The second-order valence-electron chi connectivity index (χ2n) is 12.3. The van der Waals surface area contributed by atoms with Gasteiger partial charge in [0.15, 0.2) is 0 Å². The van der Waals surface area contributed by atoms with Gasteiger partial charge in [-0.25, -0.2) is 0 Å². The second-order valence-corrected chi connectivity index (χ2v) is 12.5. The van der Waals surface area contributed by atoms with Crippen LogP contribution in [0.5, 0.6) is 0 Å². The minimum atomic E-state index is -0.193. The van der Waals surface area contributed by atoms with Crippen LogP contribution in [0.1, 0.15) is 57.9 Å². The van der Waals surface area contributed by atoms with Gasteiger partial charge < -0.3 is 10.6 Å². The summed E-state index contributed by atoms with van der Waals surface area (Å²) >= 11 is 6.71. The molecule has 1 heterocycles. The quantitative estimate of drug-likeness (QED) is 0.719. The predicted octanol–water partition coefficient (Wildman–Crippen LogP) is 4.58. The van der Waals surface area contributed by atoms with Crippen molar-refractivity contribution >= 4 is 17.5 Å². The molecule has 4 heteroatoms. The van der Waals surface area contributed by atoms with E-state index in [0.29, 0.717) is 17.7 Å². The highest BCUT2D eigenvalue weighted by Gasteiger charge is 2.77. The summed E-state index contributed by atoms with van der Waals surface area (Å²) in [6, 6.07) is 11.3. The predicted molar refractivity (Wildman–Crippen MR) is 120 cm³/mol. The van der Waals surface area contributed by atoms with E-state index in [1.165, 1.54) is 18.4 Å². The number of piperidine rings is 1. The van der Waals surface area contributed by atoms with Crippen molar-refractivity contribution in [3.05, 3.63) is 35.9 Å². The minimum absolute atomic E-state index is 0.00794. The lowest BCUT2D eigenvalue weighted by molar-refractivity contribution is -0.160. The fraction of sp³-hybridized carbons (Fsp3) is 0.731. The summed E-state index contributed by atoms with van der Waals surface area (Å²) in [5, 5.41) is 0. The first kappa shape index (κ1) is 19.6. The normalized spacial score (nSPS) is 47.8. The lowest BCUT2D eigenvalue weighted by Gasteiger charge is -2.60. The summed E-state index contributed by atoms with van der Waals surface area (Å²) in [6.07, 6.45) is 6.53. The molecule has 1 amide bonds. The number of likely N-dealkylation sites (tertiary alicyclic amines) is 1. The number of nitrogens with two attached hydrogens (primary N) is 1. The van der Waals surface area contributed by atoms with E-state index in [0.717, 1.165) is 50.6 Å². The molecule has 6 aliphatic rings. The van der Waals surface area contributed by atoms with Crippen LogP contribution >= 0.6 is 11.6 Å². The van der Waals surface area contributed by atoms with Gasteiger partial charge in [-0.1, -0.05) is 44.2 Å². The Kier molecular flexibility index (Phi) is 3.95. The minimum Gasteiger partial charge on any atom is -0.342 e. The molecule has 1 aromatic carbocycles. The van der Waals surface area contributed by atoms with Gasteiger partial charge in [-0.3, -0.25) is 4.79 Å². The first-order valence-corrected chi connectivity index (χ1v) is 12.5. The van der Waals surface area contributed by atoms with E-state index in [1.807, 2.05) is 0 Å². The molecule has 5 saturated carbocycles. The lowest BCUT2D eigenvalue weighted by Crippen LogP contribution is -2.62. The third-order valence-corrected chi connectivity index (χ3v) is 10.8. The van der Waals surface area contributed by atoms with Gasteiger partial charge in [-0.05, 0) is 72.7 Å². The molecule has 6 fully saturated rings. The van der Waals surface area contributed by atoms with Crippen molar-refractivity contribution in [2.45, 2.75) is 63.8 Å². The zero-order valence-corrected chi connectivity index (χ0v) is 19.1. The number of carbonyl (C=O) groups is 1.